The van der Waals surface area contributed by atoms with Gasteiger partial charge >= 0.3 is 17.1 Å². The highest BCUT2D eigenvalue weighted by atomic mass is 79.9. The maximum absolute atomic E-state index is 13.7. The molecule has 111 heavy (non-hydrogen) atoms. The number of primary sulfonamides is 2. The largest absolute Gasteiger partial charge is 0.334 e. The molecule has 0 fully saturated rings. The number of H-pyrrole nitrogens is 3. The van der Waals surface area contributed by atoms with E-state index >= 15 is 0 Å². The minimum atomic E-state index is -4.27. The van der Waals surface area contributed by atoms with Crippen LogP contribution in [0.25, 0.3) is 84.7 Å². The number of imidazole rings is 3. The molecular weight excluding hydrogens is 1750 g/mol. The van der Waals surface area contributed by atoms with Crippen molar-refractivity contribution in [1.82, 2.24) is 72.3 Å². The second-order valence-electron chi connectivity index (χ2n) is 23.2. The van der Waals surface area contributed by atoms with Crippen LogP contribution in [0.2, 0.25) is 45.2 Å². The Morgan fingerprint density at radius 1 is 0.396 bits per heavy atom. The molecule has 0 spiro atoms. The van der Waals surface area contributed by atoms with Gasteiger partial charge in [-0.3, -0.25) is 67.1 Å². The molecule has 0 unspecified atom stereocenters. The summed E-state index contributed by atoms with van der Waals surface area (Å²) in [7, 11) is -7.52. The summed E-state index contributed by atoms with van der Waals surface area (Å²) in [5.41, 5.74) is 1.88. The molecule has 15 rings (SSSR count). The summed E-state index contributed by atoms with van der Waals surface area (Å²) >= 11 is 63.0. The molecule has 7 N–H and O–H groups in total. The van der Waals surface area contributed by atoms with Crippen molar-refractivity contribution in [3.63, 3.8) is 0 Å². The van der Waals surface area contributed by atoms with Crippen LogP contribution in [0.5, 0.6) is 0 Å². The number of benzene rings is 6. The normalized spacial score (nSPS) is 11.3. The lowest BCUT2D eigenvalue weighted by Crippen LogP contribution is -2.43. The number of fused-ring (bicyclic) bond motifs is 3. The Morgan fingerprint density at radius 3 is 1.14 bits per heavy atom. The number of rotatable bonds is 14. The maximum atomic E-state index is 13.7. The Labute approximate surface area is 685 Å². The first-order chi connectivity index (χ1) is 52.9. The Kier molecular flexibility index (Phi) is 26.6. The van der Waals surface area contributed by atoms with E-state index in [9.17, 15) is 45.6 Å². The van der Waals surface area contributed by atoms with Crippen LogP contribution in [0.15, 0.2) is 229 Å². The predicted molar refractivity (Wildman–Crippen MR) is 440 cm³/mol. The summed E-state index contributed by atoms with van der Waals surface area (Å²) in [4.78, 5) is 110. The van der Waals surface area contributed by atoms with Gasteiger partial charge in [-0.1, -0.05) is 157 Å². The van der Waals surface area contributed by atoms with Gasteiger partial charge in [0.25, 0.3) is 16.7 Å². The molecule has 0 bridgehead atoms. The third-order valence-corrected chi connectivity index (χ3v) is 21.1. The van der Waals surface area contributed by atoms with E-state index in [-0.39, 0.29) is 57.1 Å². The van der Waals surface area contributed by atoms with E-state index in [0.29, 0.717) is 112 Å². The molecule has 9 heterocycles. The van der Waals surface area contributed by atoms with Gasteiger partial charge in [0.05, 0.1) is 66.2 Å². The van der Waals surface area contributed by atoms with Crippen LogP contribution >= 0.6 is 132 Å². The summed E-state index contributed by atoms with van der Waals surface area (Å²) in [5.74, 6) is 0.497. The van der Waals surface area contributed by atoms with E-state index in [1.165, 1.54) is 21.5 Å². The van der Waals surface area contributed by atoms with Crippen LogP contribution in [0.1, 0.15) is 17.1 Å². The maximum Gasteiger partial charge on any atom is 0.334 e. The molecule has 9 aromatic heterocycles. The molecule has 27 nitrogen and oxygen atoms in total. The first kappa shape index (κ1) is 82.4. The van der Waals surface area contributed by atoms with Gasteiger partial charge in [-0.15, -0.1) is 11.6 Å². The number of halogens is 11. The number of nitrogens with one attached hydrogen (secondary N) is 3. The Hall–Kier alpha value is -9.58. The molecule has 0 atom stereocenters. The number of pyridine rings is 3. The first-order valence-electron chi connectivity index (χ1n) is 31.6. The van der Waals surface area contributed by atoms with E-state index < -0.39 is 59.7 Å². The van der Waals surface area contributed by atoms with E-state index in [2.05, 4.69) is 60.9 Å². The van der Waals surface area contributed by atoms with Gasteiger partial charge < -0.3 is 0 Å². The first-order valence-corrected chi connectivity index (χ1v) is 40.1. The van der Waals surface area contributed by atoms with Crippen molar-refractivity contribution in [2.45, 2.75) is 24.8 Å². The van der Waals surface area contributed by atoms with Gasteiger partial charge in [0.2, 0.25) is 20.0 Å². The van der Waals surface area contributed by atoms with Gasteiger partial charge in [0.15, 0.2) is 33.5 Å². The summed E-state index contributed by atoms with van der Waals surface area (Å²) in [5, 5.41) is 14.0. The predicted octanol–water partition coefficient (Wildman–Crippen LogP) is 14.1. The van der Waals surface area contributed by atoms with Gasteiger partial charge in [0.1, 0.15) is 28.0 Å². The lowest BCUT2D eigenvalue weighted by molar-refractivity contribution is 0.572. The van der Waals surface area contributed by atoms with Crippen LogP contribution in [-0.2, 0) is 44.9 Å². The molecule has 0 saturated carbocycles. The SMILES string of the molecule is ClCc1ccc(Cl)cn1.NS(=O)(=O)CBr.NS(=O)(=O)Cn1c(=O)c2c(nc(-c3ccccc3Cl)n2-c2ccc(Cl)cc2)n(Cc2ccc(Cl)cn2)c1=O.O=c1[nH]c(=O)c2c(nc(-c3ccccc3Cl)n2-c2ccc(Cl)cc2)[nH]1.O=c1[nH]c(=O)n(Cc2ccc(Cl)cn2)c2nc(-c3ccccc3Cl)n(-c3ccc(Cl)cc3)c12. The summed E-state index contributed by atoms with van der Waals surface area (Å²) in [6.45, 7) is -0.0557. The molecule has 0 saturated heterocycles. The average molecular weight is 1800 g/mol. The van der Waals surface area contributed by atoms with Crippen molar-refractivity contribution < 1.29 is 16.8 Å². The van der Waals surface area contributed by atoms with E-state index in [1.807, 2.05) is 12.1 Å². The van der Waals surface area contributed by atoms with E-state index in [1.54, 1.807) is 185 Å². The fourth-order valence-corrected chi connectivity index (χ4v) is 12.9. The van der Waals surface area contributed by atoms with Crippen LogP contribution < -0.4 is 44.0 Å². The van der Waals surface area contributed by atoms with E-state index in [0.717, 1.165) is 10.3 Å². The summed E-state index contributed by atoms with van der Waals surface area (Å²) in [6.07, 6.45) is 4.48. The molecule has 0 aliphatic carbocycles. The zero-order valence-electron chi connectivity index (χ0n) is 56.2. The fourth-order valence-electron chi connectivity index (χ4n) is 10.8. The number of sulfonamides is 2. The fraction of sp³-hybridized carbons (Fsp3) is 0.0704. The van der Waals surface area contributed by atoms with Crippen LogP contribution in [0, 0.1) is 0 Å². The minimum absolute atomic E-state index is 0.00714. The highest BCUT2D eigenvalue weighted by Gasteiger charge is 2.28. The Morgan fingerprint density at radius 2 is 0.757 bits per heavy atom. The summed E-state index contributed by atoms with van der Waals surface area (Å²) in [6, 6.07) is 51.7. The van der Waals surface area contributed by atoms with Crippen molar-refractivity contribution in [2.75, 3.05) is 4.66 Å². The standard InChI is InChI=1S/C24H17Cl3N6O4S.C23H14Cl3N5O2.C17H10Cl2N4O2.C6H5Cl2N.CH4BrNO2S/c25-14-6-9-17(10-7-14)33-20-22(30-21(33)18-3-1-2-4-19(18)27)31(12-16-8-5-15(26)11-29-16)24(35)32(23(20)34)13-38(28,36)37;24-13-6-9-16(10-7-13)31-19-21(28-20(31)17-3-1-2-4-18(17)26)30(23(33)29-22(19)32)12-15-8-5-14(25)11-27-15;18-9-5-7-10(8-6-9)23-13-14(21-17(25)22-16(13)24)20-15(23)11-3-1-2-4-12(11)19;7-3-6-2-1-5(8)4-9-6;2-1-6(3,4)5/h1-11H,12-13H2,(H2,28,36,37);1-11H,12H2,(H,29,32,33);1-8H,(H2,21,22,24,25);1-2,4H,3H2;1H2,(H2,3,4,5). The number of aromatic nitrogens is 15. The average Bonchev–Trinajstić information content (AvgIpc) is 1.60. The Bertz CT molecular complexity index is 6610. The van der Waals surface area contributed by atoms with Crippen molar-refractivity contribution >= 4 is 185 Å². The lowest BCUT2D eigenvalue weighted by atomic mass is 10.2. The zero-order chi connectivity index (χ0) is 79.8. The molecule has 40 heteroatoms. The van der Waals surface area contributed by atoms with Gasteiger partial charge in [-0.05, 0) is 146 Å². The third kappa shape index (κ3) is 19.8. The number of nitrogens with two attached hydrogens (primary N) is 2. The van der Waals surface area contributed by atoms with Crippen molar-refractivity contribution in [2.24, 2.45) is 10.3 Å². The van der Waals surface area contributed by atoms with Gasteiger partial charge in [-0.2, -0.15) is 0 Å². The molecule has 15 aromatic rings. The molecule has 0 aliphatic heterocycles. The molecule has 568 valence electrons. The second-order valence-corrected chi connectivity index (χ2v) is 31.8. The number of aromatic amines is 3. The highest BCUT2D eigenvalue weighted by Crippen LogP contribution is 2.36. The number of alkyl halides is 2. The third-order valence-electron chi connectivity index (χ3n) is 15.6. The molecule has 0 radical (unpaired) electrons. The van der Waals surface area contributed by atoms with Crippen molar-refractivity contribution in [3.05, 3.63) is 325 Å². The smallest absolute Gasteiger partial charge is 0.290 e. The number of hydrogen-bond acceptors (Lipinski definition) is 16. The monoisotopic (exact) mass is 1790 g/mol. The highest BCUT2D eigenvalue weighted by molar-refractivity contribution is 9.10. The minimum Gasteiger partial charge on any atom is -0.290 e. The van der Waals surface area contributed by atoms with Crippen molar-refractivity contribution in [1.29, 1.82) is 0 Å². The topological polar surface area (TPSA) is 377 Å². The van der Waals surface area contributed by atoms with Gasteiger partial charge in [-0.25, -0.2) is 61.0 Å². The Balaban J connectivity index is 0.000000152. The van der Waals surface area contributed by atoms with Crippen molar-refractivity contribution in [3.8, 4) is 51.2 Å². The molecule has 0 aliphatic rings. The van der Waals surface area contributed by atoms with Crippen LogP contribution in [0.4, 0.5) is 0 Å². The lowest BCUT2D eigenvalue weighted by Gasteiger charge is -2.13. The molecule has 6 aromatic carbocycles. The number of hydrogen-bond donors (Lipinski definition) is 5. The van der Waals surface area contributed by atoms with Gasteiger partial charge in [0, 0.05) is 67.4 Å². The van der Waals surface area contributed by atoms with Crippen LogP contribution in [-0.4, -0.2) is 93.8 Å². The van der Waals surface area contributed by atoms with Crippen LogP contribution in [0.3, 0.4) is 0 Å². The quantitative estimate of drug-likeness (QED) is 0.0631. The zero-order valence-corrected chi connectivity index (χ0v) is 66.9. The molecular formula is C71H50BrCl10N17O10S2. The van der Waals surface area contributed by atoms with E-state index in [4.69, 9.17) is 126 Å². The second kappa shape index (κ2) is 35.8. The number of nitrogens with zero attached hydrogens (tertiary/aromatic N) is 12. The molecule has 0 amide bonds. The summed E-state index contributed by atoms with van der Waals surface area (Å²) < 4.78 is 51.2.